The van der Waals surface area contributed by atoms with Gasteiger partial charge in [0.2, 0.25) is 9.84 Å². The van der Waals surface area contributed by atoms with Crippen LogP contribution in [0.25, 0.3) is 4.85 Å². The maximum Gasteiger partial charge on any atom is 0.360 e. The summed E-state index contributed by atoms with van der Waals surface area (Å²) in [5, 5.41) is 0. The van der Waals surface area contributed by atoms with Crippen molar-refractivity contribution in [2.24, 2.45) is 5.92 Å². The molecule has 2 aliphatic rings. The Morgan fingerprint density at radius 1 is 1.10 bits per heavy atom. The van der Waals surface area contributed by atoms with E-state index in [4.69, 9.17) is 0 Å². The lowest BCUT2D eigenvalue weighted by Crippen LogP contribution is -2.35. The molecule has 1 atom stereocenters. The Hall–Kier alpha value is -0.640. The van der Waals surface area contributed by atoms with Crippen molar-refractivity contribution in [2.45, 2.75) is 38.1 Å². The third-order valence-corrected chi connectivity index (χ3v) is 6.10. The van der Waals surface area contributed by atoms with E-state index in [1.54, 1.807) is 0 Å². The first-order valence-electron chi connectivity index (χ1n) is 7.97. The fourth-order valence-corrected chi connectivity index (χ4v) is 4.55. The smallest absolute Gasteiger partial charge is 0.306 e. The normalized spacial score (nSPS) is 26.3. The summed E-state index contributed by atoms with van der Waals surface area (Å²) >= 11 is 0. The standard InChI is InChI=1S/C15H28N3O2S/c1-17-9-6-14(7-10-17)12-21(19,20)13-16-11-15-5-3-4-8-18(15)2/h14-15H,3-10,12-13H2,1-2H3/q+1. The molecule has 0 bridgehead atoms. The molecule has 21 heavy (non-hydrogen) atoms. The van der Waals surface area contributed by atoms with Gasteiger partial charge in [-0.25, -0.2) is 8.42 Å². The second-order valence-corrected chi connectivity index (χ2v) is 8.64. The van der Waals surface area contributed by atoms with Crippen molar-refractivity contribution >= 4 is 9.84 Å². The van der Waals surface area contributed by atoms with Gasteiger partial charge in [-0.2, -0.15) is 0 Å². The molecule has 6 heteroatoms. The van der Waals surface area contributed by atoms with Crippen molar-refractivity contribution in [3.05, 3.63) is 4.85 Å². The molecule has 0 saturated carbocycles. The molecule has 2 heterocycles. The van der Waals surface area contributed by atoms with Crippen LogP contribution in [0.4, 0.5) is 0 Å². The van der Waals surface area contributed by atoms with E-state index >= 15 is 0 Å². The number of piperidine rings is 2. The van der Waals surface area contributed by atoms with Crippen molar-refractivity contribution in [3.63, 3.8) is 0 Å². The third-order valence-electron chi connectivity index (χ3n) is 4.60. The summed E-state index contributed by atoms with van der Waals surface area (Å²) in [5.41, 5.74) is 0. The lowest BCUT2D eigenvalue weighted by atomic mass is 10.00. The van der Waals surface area contributed by atoms with Gasteiger partial charge >= 0.3 is 5.88 Å². The SMILES string of the molecule is CN1CCC(CS(=O)(=O)C[N+]#CC2CCCCN2C)CC1. The predicted molar refractivity (Wildman–Crippen MR) is 86.4 cm³/mol. The van der Waals surface area contributed by atoms with Crippen molar-refractivity contribution in [1.29, 1.82) is 0 Å². The van der Waals surface area contributed by atoms with Gasteiger partial charge in [0.25, 0.3) is 6.07 Å². The average molecular weight is 314 g/mol. The molecule has 5 nitrogen and oxygen atoms in total. The van der Waals surface area contributed by atoms with Crippen LogP contribution in [-0.2, 0) is 9.84 Å². The first-order chi connectivity index (χ1) is 9.96. The number of hydrogen-bond acceptors (Lipinski definition) is 4. The third kappa shape index (κ3) is 5.57. The maximum absolute atomic E-state index is 12.1. The van der Waals surface area contributed by atoms with Crippen LogP contribution in [0.5, 0.6) is 0 Å². The molecule has 0 amide bonds. The van der Waals surface area contributed by atoms with Crippen LogP contribution in [0.2, 0.25) is 0 Å². The number of hydrogen-bond donors (Lipinski definition) is 0. The molecule has 2 fully saturated rings. The number of sulfone groups is 1. The summed E-state index contributed by atoms with van der Waals surface area (Å²) in [6.45, 7) is 3.06. The molecule has 0 spiro atoms. The fourth-order valence-electron chi connectivity index (χ4n) is 3.12. The minimum Gasteiger partial charge on any atom is -0.306 e. The van der Waals surface area contributed by atoms with E-state index in [-0.39, 0.29) is 17.7 Å². The largest absolute Gasteiger partial charge is 0.360 e. The Morgan fingerprint density at radius 2 is 1.81 bits per heavy atom. The summed E-state index contributed by atoms with van der Waals surface area (Å²) in [5.74, 6) is 0.495. The lowest BCUT2D eigenvalue weighted by molar-refractivity contribution is 0.229. The molecular weight excluding hydrogens is 286 g/mol. The second-order valence-electron chi connectivity index (χ2n) is 6.57. The molecule has 0 aromatic carbocycles. The van der Waals surface area contributed by atoms with Gasteiger partial charge < -0.3 is 4.90 Å². The quantitative estimate of drug-likeness (QED) is 0.792. The van der Waals surface area contributed by atoms with Crippen molar-refractivity contribution in [1.82, 2.24) is 9.80 Å². The number of likely N-dealkylation sites (tertiary alicyclic amines) is 2. The molecule has 1 unspecified atom stereocenters. The second kappa shape index (κ2) is 7.57. The molecule has 0 aromatic rings. The molecule has 2 saturated heterocycles. The monoisotopic (exact) mass is 314 g/mol. The van der Waals surface area contributed by atoms with E-state index in [2.05, 4.69) is 34.8 Å². The number of nitrogens with zero attached hydrogens (tertiary/aromatic N) is 3. The van der Waals surface area contributed by atoms with Gasteiger partial charge in [-0.1, -0.05) is 4.85 Å². The Kier molecular flexibility index (Phi) is 6.03. The van der Waals surface area contributed by atoms with E-state index in [1.165, 1.54) is 12.8 Å². The van der Waals surface area contributed by atoms with Crippen LogP contribution < -0.4 is 0 Å². The minimum atomic E-state index is -3.08. The topological polar surface area (TPSA) is 45.0 Å². The first kappa shape index (κ1) is 16.7. The van der Waals surface area contributed by atoms with Gasteiger partial charge in [-0.15, -0.1) is 0 Å². The summed E-state index contributed by atoms with van der Waals surface area (Å²) in [6, 6.07) is 3.23. The highest BCUT2D eigenvalue weighted by molar-refractivity contribution is 7.91. The summed E-state index contributed by atoms with van der Waals surface area (Å²) in [6.07, 6.45) is 5.39. The zero-order chi connectivity index (χ0) is 15.3. The van der Waals surface area contributed by atoms with Gasteiger partial charge in [0.1, 0.15) is 6.04 Å². The van der Waals surface area contributed by atoms with E-state index in [0.717, 1.165) is 38.9 Å². The van der Waals surface area contributed by atoms with E-state index < -0.39 is 9.84 Å². The van der Waals surface area contributed by atoms with Crippen LogP contribution >= 0.6 is 0 Å². The first-order valence-corrected chi connectivity index (χ1v) is 9.79. The van der Waals surface area contributed by atoms with Crippen LogP contribution in [0.3, 0.4) is 0 Å². The lowest BCUT2D eigenvalue weighted by Gasteiger charge is -2.28. The maximum atomic E-state index is 12.1. The Morgan fingerprint density at radius 3 is 2.48 bits per heavy atom. The Labute approximate surface area is 129 Å². The highest BCUT2D eigenvalue weighted by atomic mass is 32.2. The highest BCUT2D eigenvalue weighted by Crippen LogP contribution is 2.18. The van der Waals surface area contributed by atoms with Gasteiger partial charge in [0, 0.05) is 0 Å². The van der Waals surface area contributed by atoms with Crippen molar-refractivity contribution in [2.75, 3.05) is 45.4 Å². The number of rotatable bonds is 3. The van der Waals surface area contributed by atoms with Crippen LogP contribution in [-0.4, -0.2) is 69.6 Å². The minimum absolute atomic E-state index is 0.0936. The van der Waals surface area contributed by atoms with Crippen LogP contribution in [0.1, 0.15) is 32.1 Å². The van der Waals surface area contributed by atoms with Gasteiger partial charge in [-0.05, 0) is 71.8 Å². The molecule has 2 aliphatic heterocycles. The van der Waals surface area contributed by atoms with Gasteiger partial charge in [0.05, 0.1) is 5.75 Å². The van der Waals surface area contributed by atoms with Crippen LogP contribution in [0.15, 0.2) is 0 Å². The summed E-state index contributed by atoms with van der Waals surface area (Å²) in [4.78, 5) is 8.57. The van der Waals surface area contributed by atoms with E-state index in [1.807, 2.05) is 0 Å². The predicted octanol–water partition coefficient (Wildman–Crippen LogP) is 1.52. The fraction of sp³-hybridized carbons (Fsp3) is 0.933. The molecule has 120 valence electrons. The molecule has 0 aliphatic carbocycles. The molecule has 0 N–H and O–H groups in total. The van der Waals surface area contributed by atoms with Gasteiger partial charge in [0.15, 0.2) is 0 Å². The Bertz CT molecular complexity index is 487. The average Bonchev–Trinajstić information content (AvgIpc) is 2.43. The molecule has 2 rings (SSSR count). The van der Waals surface area contributed by atoms with E-state index in [9.17, 15) is 8.42 Å². The summed E-state index contributed by atoms with van der Waals surface area (Å²) in [7, 11) is 1.06. The molecule has 0 aromatic heterocycles. The van der Waals surface area contributed by atoms with Crippen LogP contribution in [0, 0.1) is 12.0 Å². The van der Waals surface area contributed by atoms with Crippen molar-refractivity contribution < 1.29 is 8.42 Å². The molecule has 0 radical (unpaired) electrons. The molecular formula is C15H28N3O2S+. The zero-order valence-electron chi connectivity index (χ0n) is 13.3. The van der Waals surface area contributed by atoms with Crippen molar-refractivity contribution in [3.8, 4) is 6.07 Å². The van der Waals surface area contributed by atoms with Gasteiger partial charge in [-0.3, -0.25) is 4.90 Å². The highest BCUT2D eigenvalue weighted by Gasteiger charge is 2.27. The Balaban J connectivity index is 1.81. The summed E-state index contributed by atoms with van der Waals surface area (Å²) < 4.78 is 24.3. The van der Waals surface area contributed by atoms with E-state index in [0.29, 0.717) is 5.92 Å². The zero-order valence-corrected chi connectivity index (χ0v) is 14.1.